The van der Waals surface area contributed by atoms with Crippen LogP contribution in [0.4, 0.5) is 9.80 Å². The second-order valence-corrected chi connectivity index (χ2v) is 16.7. The summed E-state index contributed by atoms with van der Waals surface area (Å²) in [5, 5.41) is 21.3. The molecule has 0 bridgehead atoms. The molecule has 2 aliphatic heterocycles. The SMILES string of the molecule is C[C@@H]1[C@@H]([Si](C)(C)F)[C@H](CCn2cc(CCO)nn2)O[C@@]12C(=O)N(Cc1ccc(-n3[nH]c4ccccc4c3=O)cc1)c1ccccc12. The fourth-order valence-corrected chi connectivity index (χ4v) is 10.1. The summed E-state index contributed by atoms with van der Waals surface area (Å²) in [6, 6.07) is 22.6. The highest BCUT2D eigenvalue weighted by atomic mass is 28.4. The number of hydrogen-bond acceptors (Lipinski definition) is 6. The van der Waals surface area contributed by atoms with Gasteiger partial charge in [0, 0.05) is 42.8 Å². The number of carbonyl (C=O) groups excluding carboxylic acids is 1. The van der Waals surface area contributed by atoms with Crippen LogP contribution >= 0.6 is 0 Å². The Hall–Kier alpha value is -4.39. The van der Waals surface area contributed by atoms with Gasteiger partial charge in [0.1, 0.15) is 0 Å². The number of aliphatic hydroxyl groups is 1. The number of carbonyl (C=O) groups is 1. The topological polar surface area (TPSA) is 118 Å². The smallest absolute Gasteiger partial charge is 0.279 e. The third-order valence-corrected chi connectivity index (χ3v) is 12.1. The second kappa shape index (κ2) is 11.4. The number of benzene rings is 3. The summed E-state index contributed by atoms with van der Waals surface area (Å²) in [5.41, 5.74) is 2.71. The van der Waals surface area contributed by atoms with E-state index >= 15 is 4.11 Å². The number of aromatic nitrogens is 5. The van der Waals surface area contributed by atoms with Crippen LogP contribution in [0.2, 0.25) is 18.6 Å². The standard InChI is InChI=1S/C34H37FN6O4Si/c1-22-31(46(2,3)35)30(16-18-39-21-24(17-19-42)36-38-39)45-34(22)27-9-5-7-11-29(27)40(33(34)44)20-23-12-14-25(15-13-23)41-32(43)26-8-4-6-10-28(26)37-41/h4-15,21-22,30-31,37,42H,16-20H2,1-3H3/t22-,30+,31-,34+/m1/s1. The van der Waals surface area contributed by atoms with E-state index in [4.69, 9.17) is 4.74 Å². The maximum absolute atomic E-state index is 16.1. The zero-order valence-electron chi connectivity index (χ0n) is 26.1. The van der Waals surface area contributed by atoms with E-state index in [1.165, 1.54) is 4.68 Å². The molecule has 10 nitrogen and oxygen atoms in total. The van der Waals surface area contributed by atoms with Crippen molar-refractivity contribution >= 4 is 30.9 Å². The molecule has 5 aromatic rings. The Kier molecular flexibility index (Phi) is 7.53. The molecule has 0 radical (unpaired) electrons. The molecular weight excluding hydrogens is 603 g/mol. The van der Waals surface area contributed by atoms with E-state index < -0.39 is 25.7 Å². The number of nitrogens with zero attached hydrogens (tertiary/aromatic N) is 5. The summed E-state index contributed by atoms with van der Waals surface area (Å²) in [7, 11) is -3.30. The molecule has 7 rings (SSSR count). The second-order valence-electron chi connectivity index (χ2n) is 12.9. The number of para-hydroxylation sites is 2. The molecule has 238 valence electrons. The molecule has 1 fully saturated rings. The van der Waals surface area contributed by atoms with Gasteiger partial charge in [0.25, 0.3) is 11.5 Å². The Morgan fingerprint density at radius 3 is 2.52 bits per heavy atom. The molecule has 4 heterocycles. The number of aliphatic hydroxyl groups excluding tert-OH is 1. The maximum atomic E-state index is 16.1. The Labute approximate surface area is 266 Å². The number of ether oxygens (including phenoxy) is 1. The van der Waals surface area contributed by atoms with Crippen molar-refractivity contribution in [1.82, 2.24) is 24.8 Å². The number of nitrogens with one attached hydrogen (secondary N) is 1. The molecule has 12 heteroatoms. The van der Waals surface area contributed by atoms with Gasteiger partial charge in [-0.3, -0.25) is 19.4 Å². The number of hydrogen-bond donors (Lipinski definition) is 2. The highest BCUT2D eigenvalue weighted by Crippen LogP contribution is 2.60. The first-order valence-corrected chi connectivity index (χ1v) is 18.6. The molecule has 1 amide bonds. The van der Waals surface area contributed by atoms with Gasteiger partial charge in [-0.2, -0.15) is 0 Å². The summed E-state index contributed by atoms with van der Waals surface area (Å²) in [6.07, 6.45) is 2.19. The molecule has 0 saturated carbocycles. The number of amides is 1. The predicted octanol–water partition coefficient (Wildman–Crippen LogP) is 4.86. The molecule has 0 unspecified atom stereocenters. The molecule has 2 aromatic heterocycles. The quantitative estimate of drug-likeness (QED) is 0.176. The average molecular weight is 641 g/mol. The van der Waals surface area contributed by atoms with Gasteiger partial charge in [-0.05, 0) is 55.4 Å². The third kappa shape index (κ3) is 4.91. The van der Waals surface area contributed by atoms with Crippen LogP contribution in [0.1, 0.15) is 30.2 Å². The fraction of sp³-hybridized carbons (Fsp3) is 0.353. The lowest BCUT2D eigenvalue weighted by molar-refractivity contribution is -0.146. The lowest BCUT2D eigenvalue weighted by Crippen LogP contribution is -2.45. The number of aromatic amines is 1. The summed E-state index contributed by atoms with van der Waals surface area (Å²) < 4.78 is 26.2. The van der Waals surface area contributed by atoms with Crippen LogP contribution in [0.25, 0.3) is 16.6 Å². The van der Waals surface area contributed by atoms with Crippen molar-refractivity contribution in [2.24, 2.45) is 5.92 Å². The number of fused-ring (bicyclic) bond motifs is 3. The first-order chi connectivity index (χ1) is 22.1. The third-order valence-electron chi connectivity index (χ3n) is 9.59. The van der Waals surface area contributed by atoms with E-state index in [1.54, 1.807) is 34.9 Å². The van der Waals surface area contributed by atoms with Gasteiger partial charge in [-0.25, -0.2) is 4.68 Å². The van der Waals surface area contributed by atoms with Crippen molar-refractivity contribution < 1.29 is 18.7 Å². The van der Waals surface area contributed by atoms with Gasteiger partial charge in [-0.15, -0.1) is 5.10 Å². The highest BCUT2D eigenvalue weighted by molar-refractivity contribution is 6.72. The minimum absolute atomic E-state index is 0.0134. The van der Waals surface area contributed by atoms with Crippen LogP contribution in [0.15, 0.2) is 83.8 Å². The zero-order chi connectivity index (χ0) is 32.2. The number of rotatable bonds is 9. The van der Waals surface area contributed by atoms with Crippen molar-refractivity contribution in [3.05, 3.63) is 106 Å². The van der Waals surface area contributed by atoms with Crippen LogP contribution in [0.3, 0.4) is 0 Å². The fourth-order valence-electron chi connectivity index (χ4n) is 7.54. The normalized spacial score (nSPS) is 22.8. The largest absolute Gasteiger partial charge is 0.396 e. The van der Waals surface area contributed by atoms with E-state index in [1.807, 2.05) is 73.7 Å². The minimum Gasteiger partial charge on any atom is -0.396 e. The lowest BCUT2D eigenvalue weighted by Gasteiger charge is -2.31. The van der Waals surface area contributed by atoms with Crippen LogP contribution < -0.4 is 10.5 Å². The van der Waals surface area contributed by atoms with Crippen LogP contribution in [-0.2, 0) is 34.6 Å². The molecule has 1 spiro atoms. The van der Waals surface area contributed by atoms with E-state index in [0.717, 1.165) is 22.3 Å². The Balaban J connectivity index is 1.17. The van der Waals surface area contributed by atoms with Crippen molar-refractivity contribution in [1.29, 1.82) is 0 Å². The van der Waals surface area contributed by atoms with Crippen LogP contribution in [0.5, 0.6) is 0 Å². The Bertz CT molecular complexity index is 1960. The zero-order valence-corrected chi connectivity index (χ0v) is 27.1. The molecule has 46 heavy (non-hydrogen) atoms. The van der Waals surface area contributed by atoms with Crippen molar-refractivity contribution in [3.63, 3.8) is 0 Å². The van der Waals surface area contributed by atoms with Gasteiger partial charge >= 0.3 is 0 Å². The summed E-state index contributed by atoms with van der Waals surface area (Å²) in [4.78, 5) is 29.3. The maximum Gasteiger partial charge on any atom is 0.279 e. The summed E-state index contributed by atoms with van der Waals surface area (Å²) in [6.45, 7) is 6.09. The molecule has 3 aromatic carbocycles. The van der Waals surface area contributed by atoms with Gasteiger partial charge < -0.3 is 18.9 Å². The van der Waals surface area contributed by atoms with Gasteiger partial charge in [0.15, 0.2) is 5.60 Å². The van der Waals surface area contributed by atoms with Gasteiger partial charge in [0.2, 0.25) is 8.41 Å². The summed E-state index contributed by atoms with van der Waals surface area (Å²) >= 11 is 0. The molecule has 2 N–H and O–H groups in total. The molecular formula is C34H37FN6O4Si. The number of aryl methyl sites for hydroxylation is 1. The summed E-state index contributed by atoms with van der Waals surface area (Å²) in [5.74, 6) is -0.575. The highest BCUT2D eigenvalue weighted by Gasteiger charge is 2.66. The first kappa shape index (κ1) is 30.3. The number of anilines is 1. The van der Waals surface area contributed by atoms with Crippen molar-refractivity contribution in [2.75, 3.05) is 11.5 Å². The number of H-pyrrole nitrogens is 1. The van der Waals surface area contributed by atoms with Crippen LogP contribution in [-0.4, -0.2) is 56.9 Å². The van der Waals surface area contributed by atoms with E-state index in [2.05, 4.69) is 15.4 Å². The molecule has 1 saturated heterocycles. The van der Waals surface area contributed by atoms with Gasteiger partial charge in [-0.1, -0.05) is 54.6 Å². The van der Waals surface area contributed by atoms with Gasteiger partial charge in [0.05, 0.1) is 40.6 Å². The lowest BCUT2D eigenvalue weighted by atomic mass is 9.82. The monoisotopic (exact) mass is 640 g/mol. The molecule has 2 aliphatic rings. The Morgan fingerprint density at radius 1 is 1.04 bits per heavy atom. The number of halogens is 1. The predicted molar refractivity (Wildman–Crippen MR) is 175 cm³/mol. The van der Waals surface area contributed by atoms with E-state index in [0.29, 0.717) is 42.7 Å². The van der Waals surface area contributed by atoms with E-state index in [9.17, 15) is 14.7 Å². The van der Waals surface area contributed by atoms with Crippen molar-refractivity contribution in [2.45, 2.75) is 63.2 Å². The van der Waals surface area contributed by atoms with E-state index in [-0.39, 0.29) is 24.0 Å². The first-order valence-electron chi connectivity index (χ1n) is 15.7. The Morgan fingerprint density at radius 2 is 1.78 bits per heavy atom. The minimum atomic E-state index is -3.30. The van der Waals surface area contributed by atoms with Crippen molar-refractivity contribution in [3.8, 4) is 5.69 Å². The molecule has 4 atom stereocenters. The average Bonchev–Trinajstić information content (AvgIpc) is 3.77. The van der Waals surface area contributed by atoms with Crippen LogP contribution in [0, 0.1) is 5.92 Å². The molecule has 0 aliphatic carbocycles.